The van der Waals surface area contributed by atoms with Crippen LogP contribution in [0.1, 0.15) is 27.2 Å². The number of fused-ring (bicyclic) bond motifs is 1. The number of aromatic nitrogens is 1. The van der Waals surface area contributed by atoms with Crippen LogP contribution >= 0.6 is 11.3 Å². The maximum atomic E-state index is 13.7. The van der Waals surface area contributed by atoms with Crippen molar-refractivity contribution < 1.29 is 27.1 Å². The molecule has 0 atom stereocenters. The largest absolute Gasteiger partial charge is 0.467 e. The average Bonchev–Trinajstić information content (AvgIpc) is 3.57. The molecule has 0 aliphatic rings. The third-order valence-electron chi connectivity index (χ3n) is 6.02. The zero-order valence-electron chi connectivity index (χ0n) is 21.8. The maximum Gasteiger partial charge on any atom is 0.260 e. The molecule has 0 aliphatic heterocycles. The molecule has 2 aromatic carbocycles. The van der Waals surface area contributed by atoms with Crippen molar-refractivity contribution in [2.45, 2.75) is 25.3 Å². The summed E-state index contributed by atoms with van der Waals surface area (Å²) in [4.78, 5) is 20.2. The maximum absolute atomic E-state index is 13.7. The molecule has 0 saturated carbocycles. The monoisotopic (exact) mass is 557 g/mol. The summed E-state index contributed by atoms with van der Waals surface area (Å²) in [5.41, 5.74) is 3.34. The number of carbonyl (C=O) groups excluding carboxylic acids is 1. The van der Waals surface area contributed by atoms with E-state index in [1.807, 2.05) is 13.8 Å². The minimum atomic E-state index is -3.80. The first-order chi connectivity index (χ1) is 18.2. The summed E-state index contributed by atoms with van der Waals surface area (Å²) >= 11 is 1.43. The zero-order chi connectivity index (χ0) is 27.3. The first-order valence-electron chi connectivity index (χ1n) is 12.0. The Balaban J connectivity index is 1.65. The van der Waals surface area contributed by atoms with Gasteiger partial charge in [0.1, 0.15) is 5.76 Å². The standard InChI is InChI=1S/C27H31N3O6S2/c1-19-16-20(2)25-24(17-19)37-27(28-25)30(18-22-6-5-13-36-22)26(31)21-7-9-23(10-8-21)38(32,33)29(11-14-34-3)12-15-35-4/h5-10,13,16-17H,11-12,14-15,18H2,1-4H3. The van der Waals surface area contributed by atoms with Crippen molar-refractivity contribution in [3.8, 4) is 0 Å². The average molecular weight is 558 g/mol. The predicted molar refractivity (Wildman–Crippen MR) is 147 cm³/mol. The van der Waals surface area contributed by atoms with Crippen LogP contribution in [0.4, 0.5) is 5.13 Å². The summed E-state index contributed by atoms with van der Waals surface area (Å²) in [6.07, 6.45) is 1.56. The first kappa shape index (κ1) is 27.9. The van der Waals surface area contributed by atoms with E-state index in [0.717, 1.165) is 21.3 Å². The number of anilines is 1. The van der Waals surface area contributed by atoms with Gasteiger partial charge in [-0.2, -0.15) is 4.31 Å². The van der Waals surface area contributed by atoms with Gasteiger partial charge in [0.25, 0.3) is 5.91 Å². The van der Waals surface area contributed by atoms with Crippen LogP contribution in [0, 0.1) is 13.8 Å². The lowest BCUT2D eigenvalue weighted by Crippen LogP contribution is -2.36. The summed E-state index contributed by atoms with van der Waals surface area (Å²) in [7, 11) is -0.769. The molecule has 0 N–H and O–H groups in total. The summed E-state index contributed by atoms with van der Waals surface area (Å²) in [6, 6.07) is 13.6. The van der Waals surface area contributed by atoms with Crippen LogP contribution in [0.2, 0.25) is 0 Å². The highest BCUT2D eigenvalue weighted by Gasteiger charge is 2.26. The minimum Gasteiger partial charge on any atom is -0.467 e. The van der Waals surface area contributed by atoms with Crippen LogP contribution in [0.15, 0.2) is 64.1 Å². The summed E-state index contributed by atoms with van der Waals surface area (Å²) < 4.78 is 44.5. The van der Waals surface area contributed by atoms with Gasteiger partial charge in [-0.15, -0.1) is 0 Å². The molecule has 2 aromatic heterocycles. The molecule has 0 fully saturated rings. The third kappa shape index (κ3) is 6.13. The molecule has 0 aliphatic carbocycles. The number of aryl methyl sites for hydroxylation is 2. The van der Waals surface area contributed by atoms with Gasteiger partial charge in [-0.25, -0.2) is 13.4 Å². The van der Waals surface area contributed by atoms with Gasteiger partial charge in [-0.1, -0.05) is 17.4 Å². The quantitative estimate of drug-likeness (QED) is 0.250. The molecule has 0 spiro atoms. The molecule has 4 rings (SSSR count). The van der Waals surface area contributed by atoms with Crippen molar-refractivity contribution in [1.29, 1.82) is 0 Å². The minimum absolute atomic E-state index is 0.0879. The molecule has 0 unspecified atom stereocenters. The van der Waals surface area contributed by atoms with E-state index < -0.39 is 10.0 Å². The van der Waals surface area contributed by atoms with E-state index in [1.54, 1.807) is 23.3 Å². The summed E-state index contributed by atoms with van der Waals surface area (Å²) in [6.45, 7) is 5.10. The number of rotatable bonds is 12. The SMILES string of the molecule is COCCN(CCOC)S(=O)(=O)c1ccc(C(=O)N(Cc2ccco2)c2nc3c(C)cc(C)cc3s2)cc1. The van der Waals surface area contributed by atoms with Crippen LogP contribution in [-0.2, 0) is 26.0 Å². The van der Waals surface area contributed by atoms with Gasteiger partial charge in [-0.3, -0.25) is 9.69 Å². The topological polar surface area (TPSA) is 102 Å². The van der Waals surface area contributed by atoms with Crippen molar-refractivity contribution in [3.05, 3.63) is 77.2 Å². The summed E-state index contributed by atoms with van der Waals surface area (Å²) in [5, 5.41) is 0.539. The molecule has 0 saturated heterocycles. The van der Waals surface area contributed by atoms with E-state index in [0.29, 0.717) is 16.5 Å². The number of benzene rings is 2. The Hall–Kier alpha value is -3.09. The van der Waals surface area contributed by atoms with Crippen LogP contribution in [-0.4, -0.2) is 64.1 Å². The molecule has 0 bridgehead atoms. The number of methoxy groups -OCH3 is 2. The normalized spacial score (nSPS) is 11.9. The number of carbonyl (C=O) groups is 1. The number of hydrogen-bond acceptors (Lipinski definition) is 8. The Kier molecular flexibility index (Phi) is 8.95. The van der Waals surface area contributed by atoms with Gasteiger partial charge >= 0.3 is 0 Å². The summed E-state index contributed by atoms with van der Waals surface area (Å²) in [5.74, 6) is 0.297. The lowest BCUT2D eigenvalue weighted by molar-refractivity contribution is 0.0983. The van der Waals surface area contributed by atoms with E-state index in [1.165, 1.54) is 54.1 Å². The number of sulfonamides is 1. The van der Waals surface area contributed by atoms with Gasteiger partial charge in [-0.05, 0) is 67.4 Å². The molecule has 2 heterocycles. The van der Waals surface area contributed by atoms with Crippen molar-refractivity contribution in [2.75, 3.05) is 45.4 Å². The molecule has 4 aromatic rings. The first-order valence-corrected chi connectivity index (χ1v) is 14.3. The number of hydrogen-bond donors (Lipinski definition) is 0. The number of thiazole rings is 1. The van der Waals surface area contributed by atoms with Gasteiger partial charge in [0.2, 0.25) is 10.0 Å². The van der Waals surface area contributed by atoms with Gasteiger partial charge in [0.15, 0.2) is 5.13 Å². The Morgan fingerprint density at radius 3 is 2.32 bits per heavy atom. The smallest absolute Gasteiger partial charge is 0.260 e. The van der Waals surface area contributed by atoms with E-state index >= 15 is 0 Å². The number of nitrogens with zero attached hydrogens (tertiary/aromatic N) is 3. The molecular formula is C27H31N3O6S2. The Morgan fingerprint density at radius 2 is 1.71 bits per heavy atom. The Morgan fingerprint density at radius 1 is 1.03 bits per heavy atom. The third-order valence-corrected chi connectivity index (χ3v) is 8.96. The van der Waals surface area contributed by atoms with Crippen LogP contribution in [0.5, 0.6) is 0 Å². The van der Waals surface area contributed by atoms with E-state index in [2.05, 4.69) is 12.1 Å². The molecule has 38 heavy (non-hydrogen) atoms. The molecule has 9 nitrogen and oxygen atoms in total. The molecule has 0 radical (unpaired) electrons. The molecule has 11 heteroatoms. The Labute approximate surface area is 226 Å². The second-order valence-corrected chi connectivity index (χ2v) is 11.8. The van der Waals surface area contributed by atoms with Gasteiger partial charge < -0.3 is 13.9 Å². The Bertz CT molecular complexity index is 1470. The fourth-order valence-corrected chi connectivity index (χ4v) is 6.62. The highest BCUT2D eigenvalue weighted by atomic mass is 32.2. The fraction of sp³-hybridized carbons (Fsp3) is 0.333. The highest BCUT2D eigenvalue weighted by molar-refractivity contribution is 7.89. The number of amides is 1. The van der Waals surface area contributed by atoms with E-state index in [9.17, 15) is 13.2 Å². The van der Waals surface area contributed by atoms with Crippen LogP contribution < -0.4 is 4.90 Å². The van der Waals surface area contributed by atoms with Crippen LogP contribution in [0.25, 0.3) is 10.2 Å². The van der Waals surface area contributed by atoms with Crippen LogP contribution in [0.3, 0.4) is 0 Å². The lowest BCUT2D eigenvalue weighted by atomic mass is 10.1. The second-order valence-electron chi connectivity index (χ2n) is 8.81. The van der Waals surface area contributed by atoms with E-state index in [-0.39, 0.29) is 43.7 Å². The van der Waals surface area contributed by atoms with E-state index in [4.69, 9.17) is 18.9 Å². The second kappa shape index (κ2) is 12.2. The van der Waals surface area contributed by atoms with Crippen molar-refractivity contribution in [2.24, 2.45) is 0 Å². The number of furan rings is 1. The number of ether oxygens (including phenoxy) is 2. The molecular weight excluding hydrogens is 526 g/mol. The predicted octanol–water partition coefficient (Wildman–Crippen LogP) is 4.64. The molecule has 202 valence electrons. The highest BCUT2D eigenvalue weighted by Crippen LogP contribution is 2.33. The zero-order valence-corrected chi connectivity index (χ0v) is 23.5. The lowest BCUT2D eigenvalue weighted by Gasteiger charge is -2.22. The van der Waals surface area contributed by atoms with Crippen molar-refractivity contribution >= 4 is 42.6 Å². The van der Waals surface area contributed by atoms with Crippen molar-refractivity contribution in [3.63, 3.8) is 0 Å². The van der Waals surface area contributed by atoms with Crippen molar-refractivity contribution in [1.82, 2.24) is 9.29 Å². The van der Waals surface area contributed by atoms with Gasteiger partial charge in [0, 0.05) is 32.9 Å². The van der Waals surface area contributed by atoms with Gasteiger partial charge in [0.05, 0.1) is 41.1 Å². The fourth-order valence-electron chi connectivity index (χ4n) is 4.07. The molecule has 1 amide bonds.